The predicted molar refractivity (Wildman–Crippen MR) is 160 cm³/mol. The Labute approximate surface area is 257 Å². The largest absolute Gasteiger partial charge is 0.469 e. The number of hydrogen-bond acceptors (Lipinski definition) is 5. The van der Waals surface area contributed by atoms with Gasteiger partial charge in [-0.1, -0.05) is 62.2 Å². The van der Waals surface area contributed by atoms with Crippen molar-refractivity contribution < 1.29 is 23.1 Å². The lowest BCUT2D eigenvalue weighted by Crippen LogP contribution is -2.44. The Hall–Kier alpha value is -2.73. The number of benzene rings is 2. The summed E-state index contributed by atoms with van der Waals surface area (Å²) in [5.74, 6) is -1.53. The minimum atomic E-state index is -1.33. The molecule has 6 nitrogen and oxygen atoms in total. The highest BCUT2D eigenvalue weighted by molar-refractivity contribution is 6.31. The molecule has 0 radical (unpaired) electrons. The van der Waals surface area contributed by atoms with Crippen molar-refractivity contribution in [1.29, 1.82) is 5.26 Å². The van der Waals surface area contributed by atoms with Gasteiger partial charge in [0.15, 0.2) is 0 Å². The molecule has 2 aliphatic heterocycles. The number of hydrogen-bond donors (Lipinski definition) is 1. The lowest BCUT2D eigenvalue weighted by atomic mass is 9.63. The predicted octanol–water partition coefficient (Wildman–Crippen LogP) is 7.03. The van der Waals surface area contributed by atoms with Crippen molar-refractivity contribution in [2.75, 3.05) is 20.2 Å². The van der Waals surface area contributed by atoms with Crippen molar-refractivity contribution in [3.05, 3.63) is 69.2 Å². The molecular weight excluding hydrogens is 583 g/mol. The van der Waals surface area contributed by atoms with Crippen LogP contribution in [0.3, 0.4) is 0 Å². The molecule has 0 spiro atoms. The van der Waals surface area contributed by atoms with E-state index in [2.05, 4.69) is 36.9 Å². The number of halogens is 4. The quantitative estimate of drug-likeness (QED) is 0.276. The number of esters is 1. The first-order valence-corrected chi connectivity index (χ1v) is 14.9. The van der Waals surface area contributed by atoms with Gasteiger partial charge in [0.05, 0.1) is 18.2 Å². The number of carbonyl (C=O) groups is 2. The Morgan fingerprint density at radius 2 is 1.88 bits per heavy atom. The molecule has 0 bridgehead atoms. The van der Waals surface area contributed by atoms with Crippen LogP contribution in [0.25, 0.3) is 0 Å². The second-order valence-electron chi connectivity index (χ2n) is 12.4. The zero-order valence-corrected chi connectivity index (χ0v) is 26.2. The molecule has 2 aromatic carbocycles. The Bertz CT molecular complexity index is 1300. The van der Waals surface area contributed by atoms with Crippen LogP contribution in [-0.4, -0.2) is 49.6 Å². The van der Waals surface area contributed by atoms with Gasteiger partial charge in [-0.2, -0.15) is 5.26 Å². The summed E-state index contributed by atoms with van der Waals surface area (Å²) in [6.07, 6.45) is 3.78. The Kier molecular flexibility index (Phi) is 11.4. The number of nitrogens with one attached hydrogen (secondary N) is 1. The van der Waals surface area contributed by atoms with Crippen LogP contribution in [-0.2, 0) is 19.7 Å². The summed E-state index contributed by atoms with van der Waals surface area (Å²) < 4.78 is 34.8. The number of nitriles is 1. The topological polar surface area (TPSA) is 82.4 Å². The molecule has 2 aliphatic rings. The second kappa shape index (κ2) is 14.2. The number of likely N-dealkylation sites (tertiary alicyclic amines) is 1. The summed E-state index contributed by atoms with van der Waals surface area (Å²) in [7, 11) is 1.41. The summed E-state index contributed by atoms with van der Waals surface area (Å²) >= 11 is 12.0. The van der Waals surface area contributed by atoms with Crippen LogP contribution >= 0.6 is 23.2 Å². The van der Waals surface area contributed by atoms with Gasteiger partial charge in [-0.05, 0) is 61.3 Å². The maximum Gasteiger partial charge on any atom is 0.305 e. The number of ether oxygens (including phenoxy) is 1. The van der Waals surface area contributed by atoms with E-state index in [1.807, 2.05) is 6.92 Å². The molecule has 4 atom stereocenters. The lowest BCUT2D eigenvalue weighted by molar-refractivity contribution is -0.142. The van der Waals surface area contributed by atoms with Gasteiger partial charge in [0.25, 0.3) is 0 Å². The van der Waals surface area contributed by atoms with E-state index in [0.717, 1.165) is 32.3 Å². The van der Waals surface area contributed by atoms with Gasteiger partial charge in [-0.25, -0.2) is 8.78 Å². The maximum absolute atomic E-state index is 15.2. The minimum absolute atomic E-state index is 0.0163. The van der Waals surface area contributed by atoms with E-state index < -0.39 is 23.0 Å². The fourth-order valence-electron chi connectivity index (χ4n) is 6.23. The first-order chi connectivity index (χ1) is 19.8. The van der Waals surface area contributed by atoms with Gasteiger partial charge in [-0.15, -0.1) is 0 Å². The summed E-state index contributed by atoms with van der Waals surface area (Å²) in [6, 6.07) is 10.8. The molecule has 42 heavy (non-hydrogen) atoms. The average Bonchev–Trinajstić information content (AvgIpc) is 3.20. The third kappa shape index (κ3) is 7.61. The lowest BCUT2D eigenvalue weighted by Gasteiger charge is -2.37. The normalized spacial score (nSPS) is 24.4. The first kappa shape index (κ1) is 33.8. The molecule has 0 aromatic heterocycles. The zero-order chi connectivity index (χ0) is 31.2. The number of methoxy groups -OCH3 is 1. The summed E-state index contributed by atoms with van der Waals surface area (Å²) in [6.45, 7) is 9.62. The second-order valence-corrected chi connectivity index (χ2v) is 13.2. The molecule has 0 saturated carbocycles. The van der Waals surface area contributed by atoms with E-state index in [1.165, 1.54) is 19.2 Å². The minimum Gasteiger partial charge on any atom is -0.469 e. The molecule has 2 fully saturated rings. The smallest absolute Gasteiger partial charge is 0.305 e. The molecule has 1 N–H and O–H groups in total. The van der Waals surface area contributed by atoms with E-state index in [0.29, 0.717) is 24.3 Å². The maximum atomic E-state index is 15.2. The Morgan fingerprint density at radius 1 is 1.21 bits per heavy atom. The molecule has 2 aromatic rings. The van der Waals surface area contributed by atoms with Crippen LogP contribution < -0.4 is 5.32 Å². The summed E-state index contributed by atoms with van der Waals surface area (Å²) in [5.41, 5.74) is -0.929. The van der Waals surface area contributed by atoms with Gasteiger partial charge in [0, 0.05) is 48.1 Å². The molecule has 0 aliphatic carbocycles. The number of piperidine rings is 1. The van der Waals surface area contributed by atoms with Crippen LogP contribution in [0.15, 0.2) is 36.4 Å². The van der Waals surface area contributed by atoms with Crippen molar-refractivity contribution in [3.8, 4) is 6.07 Å². The van der Waals surface area contributed by atoms with Crippen molar-refractivity contribution in [2.24, 2.45) is 11.3 Å². The number of nitrogens with zero attached hydrogens (tertiary/aromatic N) is 2. The van der Waals surface area contributed by atoms with Crippen LogP contribution in [0.5, 0.6) is 0 Å². The van der Waals surface area contributed by atoms with E-state index in [4.69, 9.17) is 23.2 Å². The fraction of sp³-hybridized carbons (Fsp3) is 0.531. The molecule has 1 amide bonds. The van der Waals surface area contributed by atoms with Gasteiger partial charge < -0.3 is 15.0 Å². The monoisotopic (exact) mass is 621 g/mol. The third-order valence-corrected chi connectivity index (χ3v) is 8.71. The zero-order valence-electron chi connectivity index (χ0n) is 24.7. The molecular formula is C32H39Cl2F2N3O3. The fourth-order valence-corrected chi connectivity index (χ4v) is 6.57. The van der Waals surface area contributed by atoms with Gasteiger partial charge in [0.1, 0.15) is 17.0 Å². The number of rotatable bonds is 6. The SMILES string of the molecule is COC(=O)CC1CCN(C=O)CC1.C[C@@H]1NC(CC(C)(C)C)[C@](C#N)(c2ccc(Cl)cc2F)C1c1cccc(Cl)c1F. The molecule has 2 heterocycles. The number of carbonyl (C=O) groups excluding carboxylic acids is 2. The highest BCUT2D eigenvalue weighted by atomic mass is 35.5. The first-order valence-electron chi connectivity index (χ1n) is 14.1. The van der Waals surface area contributed by atoms with E-state index >= 15 is 8.78 Å². The van der Waals surface area contributed by atoms with Crippen LogP contribution in [0.2, 0.25) is 10.0 Å². The van der Waals surface area contributed by atoms with E-state index in [9.17, 15) is 14.9 Å². The van der Waals surface area contributed by atoms with Gasteiger partial charge in [-0.3, -0.25) is 9.59 Å². The molecule has 2 saturated heterocycles. The Morgan fingerprint density at radius 3 is 2.43 bits per heavy atom. The molecule has 4 rings (SSSR count). The Balaban J connectivity index is 0.000000312. The van der Waals surface area contributed by atoms with Crippen LogP contribution in [0.1, 0.15) is 70.4 Å². The van der Waals surface area contributed by atoms with Crippen molar-refractivity contribution >= 4 is 35.6 Å². The summed E-state index contributed by atoms with van der Waals surface area (Å²) in [5, 5.41) is 14.2. The van der Waals surface area contributed by atoms with E-state index in [-0.39, 0.29) is 39.1 Å². The van der Waals surface area contributed by atoms with Crippen molar-refractivity contribution in [2.45, 2.75) is 76.8 Å². The van der Waals surface area contributed by atoms with Gasteiger partial charge in [0.2, 0.25) is 6.41 Å². The highest BCUT2D eigenvalue weighted by Gasteiger charge is 2.58. The molecule has 10 heteroatoms. The van der Waals surface area contributed by atoms with Crippen molar-refractivity contribution in [3.63, 3.8) is 0 Å². The summed E-state index contributed by atoms with van der Waals surface area (Å²) in [4.78, 5) is 23.0. The highest BCUT2D eigenvalue weighted by Crippen LogP contribution is 2.52. The molecule has 228 valence electrons. The van der Waals surface area contributed by atoms with Gasteiger partial charge >= 0.3 is 5.97 Å². The standard InChI is InChI=1S/C23H24Cl2F2N2.C9H15NO3/c1-13-20(15-6-5-7-17(25)21(15)27)23(12-28,19(29-13)11-22(2,3)4)16-9-8-14(24)10-18(16)26;1-13-9(12)6-8-2-4-10(7-11)5-3-8/h5-10,13,19-20,29H,11H2,1-4H3;7-8H,2-6H2,1H3/t13-,19?,20?,23-;/m0./s1. The molecule has 2 unspecified atom stereocenters. The van der Waals surface area contributed by atoms with E-state index in [1.54, 1.807) is 29.2 Å². The average molecular weight is 623 g/mol. The van der Waals surface area contributed by atoms with Crippen LogP contribution in [0.4, 0.5) is 8.78 Å². The van der Waals surface area contributed by atoms with Crippen molar-refractivity contribution in [1.82, 2.24) is 10.2 Å². The third-order valence-electron chi connectivity index (χ3n) is 8.18. The van der Waals surface area contributed by atoms with Crippen LogP contribution in [0, 0.1) is 34.3 Å². The number of amides is 1.